The van der Waals surface area contributed by atoms with Crippen LogP contribution < -0.4 is 4.90 Å². The van der Waals surface area contributed by atoms with Gasteiger partial charge in [-0.25, -0.2) is 9.97 Å². The van der Waals surface area contributed by atoms with Gasteiger partial charge in [-0.2, -0.15) is 0 Å². The Labute approximate surface area is 150 Å². The third-order valence-corrected chi connectivity index (χ3v) is 4.52. The molecule has 3 rings (SSSR count). The number of methoxy groups -OCH3 is 1. The third-order valence-electron chi connectivity index (χ3n) is 4.52. The molecule has 0 radical (unpaired) electrons. The van der Waals surface area contributed by atoms with E-state index in [9.17, 15) is 14.9 Å². The van der Waals surface area contributed by atoms with Gasteiger partial charge >= 0.3 is 11.7 Å². The molecule has 138 valence electrons. The molecule has 0 saturated carbocycles. The summed E-state index contributed by atoms with van der Waals surface area (Å²) in [4.78, 5) is 33.0. The largest absolute Gasteiger partial charge is 0.469 e. The number of esters is 1. The summed E-state index contributed by atoms with van der Waals surface area (Å²) in [6, 6.07) is 1.43. The third kappa shape index (κ3) is 3.51. The number of rotatable bonds is 5. The Morgan fingerprint density at radius 3 is 2.69 bits per heavy atom. The van der Waals surface area contributed by atoms with Gasteiger partial charge in [-0.05, 0) is 12.8 Å². The second-order valence-corrected chi connectivity index (χ2v) is 6.09. The molecule has 3 heterocycles. The zero-order chi connectivity index (χ0) is 18.7. The minimum atomic E-state index is -0.456. The number of anilines is 1. The number of hydrogen-bond acceptors (Lipinski definition) is 8. The second-order valence-electron chi connectivity index (χ2n) is 6.09. The summed E-state index contributed by atoms with van der Waals surface area (Å²) in [6.07, 6.45) is 4.97. The number of pyridine rings is 1. The Kier molecular flexibility index (Phi) is 5.15. The number of nitro groups is 1. The van der Waals surface area contributed by atoms with Crippen molar-refractivity contribution in [3.8, 4) is 11.5 Å². The van der Waals surface area contributed by atoms with Gasteiger partial charge in [-0.15, -0.1) is 0 Å². The number of nitrogens with zero attached hydrogens (tertiary/aromatic N) is 4. The molecule has 1 fully saturated rings. The van der Waals surface area contributed by atoms with Crippen LogP contribution in [-0.4, -0.2) is 41.1 Å². The van der Waals surface area contributed by atoms with Gasteiger partial charge < -0.3 is 14.1 Å². The van der Waals surface area contributed by atoms with Crippen molar-refractivity contribution in [3.63, 3.8) is 0 Å². The van der Waals surface area contributed by atoms with E-state index in [1.807, 2.05) is 11.8 Å². The number of aryl methyl sites for hydroxylation is 1. The number of piperidine rings is 1. The van der Waals surface area contributed by atoms with Crippen LogP contribution in [0.4, 0.5) is 11.5 Å². The Bertz CT molecular complexity index is 811. The summed E-state index contributed by atoms with van der Waals surface area (Å²) in [5.41, 5.74) is 0.361. The SMILES string of the molecule is CCc1cnc(-c2cnc(N3CCC(C(=O)OC)CC3)c([N+](=O)[O-])c2)o1. The van der Waals surface area contributed by atoms with Crippen molar-refractivity contribution in [2.75, 3.05) is 25.1 Å². The highest BCUT2D eigenvalue weighted by Gasteiger charge is 2.30. The van der Waals surface area contributed by atoms with E-state index in [0.717, 1.165) is 0 Å². The molecule has 26 heavy (non-hydrogen) atoms. The minimum absolute atomic E-state index is 0.102. The van der Waals surface area contributed by atoms with Crippen LogP contribution in [0.25, 0.3) is 11.5 Å². The highest BCUT2D eigenvalue weighted by Crippen LogP contribution is 2.33. The van der Waals surface area contributed by atoms with Crippen molar-refractivity contribution in [2.24, 2.45) is 5.92 Å². The molecule has 1 saturated heterocycles. The average Bonchev–Trinajstić information content (AvgIpc) is 3.16. The summed E-state index contributed by atoms with van der Waals surface area (Å²) in [6.45, 7) is 2.95. The lowest BCUT2D eigenvalue weighted by Gasteiger charge is -2.31. The van der Waals surface area contributed by atoms with Gasteiger partial charge in [-0.1, -0.05) is 6.92 Å². The first-order chi connectivity index (χ1) is 12.5. The normalized spacial score (nSPS) is 15.1. The van der Waals surface area contributed by atoms with E-state index in [1.165, 1.54) is 19.4 Å². The fraction of sp³-hybridized carbons (Fsp3) is 0.471. The monoisotopic (exact) mass is 360 g/mol. The van der Waals surface area contributed by atoms with Gasteiger partial charge in [0.2, 0.25) is 11.7 Å². The van der Waals surface area contributed by atoms with Gasteiger partial charge in [-0.3, -0.25) is 14.9 Å². The van der Waals surface area contributed by atoms with Crippen LogP contribution in [-0.2, 0) is 16.0 Å². The van der Waals surface area contributed by atoms with Gasteiger partial charge in [0.15, 0.2) is 0 Å². The van der Waals surface area contributed by atoms with Crippen LogP contribution in [0.2, 0.25) is 0 Å². The highest BCUT2D eigenvalue weighted by atomic mass is 16.6. The van der Waals surface area contributed by atoms with Crippen molar-refractivity contribution < 1.29 is 18.9 Å². The smallest absolute Gasteiger partial charge is 0.312 e. The van der Waals surface area contributed by atoms with Crippen LogP contribution in [0, 0.1) is 16.0 Å². The number of oxazole rings is 1. The van der Waals surface area contributed by atoms with Gasteiger partial charge in [0.05, 0.1) is 29.7 Å². The summed E-state index contributed by atoms with van der Waals surface area (Å²) < 4.78 is 10.3. The Hall–Kier alpha value is -2.97. The van der Waals surface area contributed by atoms with Crippen molar-refractivity contribution in [3.05, 3.63) is 34.3 Å². The van der Waals surface area contributed by atoms with Gasteiger partial charge in [0.1, 0.15) is 5.76 Å². The molecular formula is C17H20N4O5. The second kappa shape index (κ2) is 7.51. The van der Waals surface area contributed by atoms with Crippen molar-refractivity contribution in [1.82, 2.24) is 9.97 Å². The maximum absolute atomic E-state index is 11.6. The number of aromatic nitrogens is 2. The predicted molar refractivity (Wildman–Crippen MR) is 92.7 cm³/mol. The molecule has 0 N–H and O–H groups in total. The van der Waals surface area contributed by atoms with Crippen LogP contribution in [0.3, 0.4) is 0 Å². The fourth-order valence-electron chi connectivity index (χ4n) is 3.04. The molecule has 0 amide bonds. The Balaban J connectivity index is 1.84. The molecule has 0 unspecified atom stereocenters. The van der Waals surface area contributed by atoms with E-state index in [-0.39, 0.29) is 17.6 Å². The zero-order valence-electron chi connectivity index (χ0n) is 14.7. The first kappa shape index (κ1) is 17.8. The zero-order valence-corrected chi connectivity index (χ0v) is 14.7. The van der Waals surface area contributed by atoms with Crippen LogP contribution in [0.5, 0.6) is 0 Å². The molecule has 0 aromatic carbocycles. The highest BCUT2D eigenvalue weighted by molar-refractivity contribution is 5.73. The van der Waals surface area contributed by atoms with E-state index in [0.29, 0.717) is 55.4 Å². The molecule has 0 spiro atoms. The lowest BCUT2D eigenvalue weighted by atomic mass is 9.97. The number of carbonyl (C=O) groups excluding carboxylic acids is 1. The molecule has 9 nitrogen and oxygen atoms in total. The summed E-state index contributed by atoms with van der Waals surface area (Å²) >= 11 is 0. The lowest BCUT2D eigenvalue weighted by molar-refractivity contribution is -0.384. The van der Waals surface area contributed by atoms with Crippen molar-refractivity contribution >= 4 is 17.5 Å². The molecule has 0 atom stereocenters. The number of hydrogen-bond donors (Lipinski definition) is 0. The predicted octanol–water partition coefficient (Wildman–Crippen LogP) is 2.60. The van der Waals surface area contributed by atoms with Crippen molar-refractivity contribution in [2.45, 2.75) is 26.2 Å². The van der Waals surface area contributed by atoms with E-state index in [4.69, 9.17) is 9.15 Å². The first-order valence-electron chi connectivity index (χ1n) is 8.45. The molecule has 2 aromatic rings. The van der Waals surface area contributed by atoms with Gasteiger partial charge in [0.25, 0.3) is 0 Å². The number of ether oxygens (including phenoxy) is 1. The quantitative estimate of drug-likeness (QED) is 0.454. The van der Waals surface area contributed by atoms with Crippen LogP contribution in [0.1, 0.15) is 25.5 Å². The van der Waals surface area contributed by atoms with E-state index in [2.05, 4.69) is 9.97 Å². The number of carbonyl (C=O) groups is 1. The molecule has 0 aliphatic carbocycles. The average molecular weight is 360 g/mol. The Morgan fingerprint density at radius 1 is 1.38 bits per heavy atom. The standard InChI is InChI=1S/C17H20N4O5/c1-3-13-10-19-16(26-13)12-8-14(21(23)24)15(18-9-12)20-6-4-11(5-7-20)17(22)25-2/h8-11H,3-7H2,1-2H3. The summed E-state index contributed by atoms with van der Waals surface area (Å²) in [5, 5.41) is 11.5. The molecule has 1 aliphatic rings. The summed E-state index contributed by atoms with van der Waals surface area (Å²) in [5.74, 6) is 0.904. The molecule has 2 aromatic heterocycles. The summed E-state index contributed by atoms with van der Waals surface area (Å²) in [7, 11) is 1.37. The van der Waals surface area contributed by atoms with Crippen LogP contribution >= 0.6 is 0 Å². The molecule has 0 bridgehead atoms. The molecule has 1 aliphatic heterocycles. The van der Waals surface area contributed by atoms with E-state index in [1.54, 1.807) is 6.20 Å². The van der Waals surface area contributed by atoms with Gasteiger partial charge in [0, 0.05) is 31.8 Å². The van der Waals surface area contributed by atoms with Crippen molar-refractivity contribution in [1.29, 1.82) is 0 Å². The maximum atomic E-state index is 11.6. The minimum Gasteiger partial charge on any atom is -0.469 e. The molecule has 9 heteroatoms. The molecular weight excluding hydrogens is 340 g/mol. The topological polar surface area (TPSA) is 112 Å². The fourth-order valence-corrected chi connectivity index (χ4v) is 3.04. The van der Waals surface area contributed by atoms with E-state index >= 15 is 0 Å². The first-order valence-corrected chi connectivity index (χ1v) is 8.45. The Morgan fingerprint density at radius 2 is 2.12 bits per heavy atom. The lowest BCUT2D eigenvalue weighted by Crippen LogP contribution is -2.37. The van der Waals surface area contributed by atoms with Crippen LogP contribution in [0.15, 0.2) is 22.9 Å². The maximum Gasteiger partial charge on any atom is 0.312 e. The van der Waals surface area contributed by atoms with E-state index < -0.39 is 4.92 Å².